The SMILES string of the molecule is CC(=O)N1Cc2ccc(Nc3ncc4c(Nc5c(C)cccc5C)nn(C)c4n3)cc2C1.Cc1cccc(C)c1Nc1nn(C)c2nc(Nc3ccc4c(c3)CN(C(=O)OC(C)(C)C)C4)ncc12. The molecule has 0 bridgehead atoms. The zero-order chi connectivity index (χ0) is 48.0. The lowest BCUT2D eigenvalue weighted by Gasteiger charge is -2.24. The van der Waals surface area contributed by atoms with Crippen LogP contribution in [0.5, 0.6) is 0 Å². The van der Waals surface area contributed by atoms with E-state index in [2.05, 4.69) is 111 Å². The number of aryl methyl sites for hydroxylation is 6. The molecule has 2 amide bonds. The Labute approximate surface area is 395 Å². The minimum atomic E-state index is -0.519. The predicted octanol–water partition coefficient (Wildman–Crippen LogP) is 10.0. The largest absolute Gasteiger partial charge is 0.444 e. The number of carbonyl (C=O) groups excluding carboxylic acids is 2. The van der Waals surface area contributed by atoms with Gasteiger partial charge in [-0.2, -0.15) is 20.2 Å². The number of fused-ring (bicyclic) bond motifs is 4. The molecule has 0 unspecified atom stereocenters. The highest BCUT2D eigenvalue weighted by molar-refractivity contribution is 5.91. The van der Waals surface area contributed by atoms with Gasteiger partial charge in [-0.15, -0.1) is 0 Å². The van der Waals surface area contributed by atoms with Crippen molar-refractivity contribution in [2.75, 3.05) is 21.3 Å². The van der Waals surface area contributed by atoms with E-state index in [1.54, 1.807) is 33.6 Å². The van der Waals surface area contributed by atoms with Crippen molar-refractivity contribution in [1.29, 1.82) is 0 Å². The van der Waals surface area contributed by atoms with E-state index < -0.39 is 5.60 Å². The molecular weight excluding hydrogens is 857 g/mol. The van der Waals surface area contributed by atoms with Crippen LogP contribution in [-0.4, -0.2) is 66.9 Å². The molecule has 0 spiro atoms. The number of amides is 2. The number of para-hydroxylation sites is 2. The van der Waals surface area contributed by atoms with Crippen molar-refractivity contribution >= 4 is 80.3 Å². The first-order valence-corrected chi connectivity index (χ1v) is 22.5. The van der Waals surface area contributed by atoms with E-state index in [4.69, 9.17) is 9.72 Å². The Balaban J connectivity index is 0.000000171. The normalized spacial score (nSPS) is 13.0. The fourth-order valence-corrected chi connectivity index (χ4v) is 8.52. The summed E-state index contributed by atoms with van der Waals surface area (Å²) in [5, 5.41) is 24.4. The van der Waals surface area contributed by atoms with Crippen LogP contribution < -0.4 is 21.3 Å². The highest BCUT2D eigenvalue weighted by Gasteiger charge is 2.28. The summed E-state index contributed by atoms with van der Waals surface area (Å²) < 4.78 is 9.03. The Hall–Kier alpha value is -8.08. The van der Waals surface area contributed by atoms with Crippen molar-refractivity contribution in [2.24, 2.45) is 14.1 Å². The first-order chi connectivity index (χ1) is 32.5. The maximum Gasteiger partial charge on any atom is 0.410 e. The molecule has 4 aromatic carbocycles. The summed E-state index contributed by atoms with van der Waals surface area (Å²) in [6.45, 7) is 17.9. The van der Waals surface area contributed by atoms with Crippen LogP contribution in [0.25, 0.3) is 22.1 Å². The highest BCUT2D eigenvalue weighted by Crippen LogP contribution is 2.33. The first-order valence-electron chi connectivity index (χ1n) is 22.5. The van der Waals surface area contributed by atoms with Gasteiger partial charge in [-0.1, -0.05) is 48.5 Å². The monoisotopic (exact) mass is 912 g/mol. The van der Waals surface area contributed by atoms with E-state index in [1.807, 2.05) is 76.2 Å². The fourth-order valence-electron chi connectivity index (χ4n) is 8.52. The molecule has 6 heterocycles. The minimum Gasteiger partial charge on any atom is -0.444 e. The van der Waals surface area contributed by atoms with Crippen molar-refractivity contribution in [3.05, 3.63) is 130 Å². The third-order valence-electron chi connectivity index (χ3n) is 12.1. The Morgan fingerprint density at radius 3 is 1.41 bits per heavy atom. The standard InChI is InChI=1S/C27H31N7O2.C24H25N7O/c1-16-8-7-9-17(2)22(16)30-23-21-13-28-25(31-24(21)33(6)32-23)29-20-11-10-18-14-34(15-19(18)12-20)26(35)36-27(3,4)5;1-14-6-5-7-15(2)21(14)27-22-20-11-25-24(28-23(20)30(4)29-22)26-19-9-8-17-12-31(16(3)32)13-18(17)10-19/h7-13H,14-15H2,1-6H3,(H,30,32)(H,28,29,31);5-11H,12-13H2,1-4H3,(H,27,29)(H,25,26,28). The van der Waals surface area contributed by atoms with E-state index in [1.165, 1.54) is 5.56 Å². The lowest BCUT2D eigenvalue weighted by atomic mass is 10.1. The van der Waals surface area contributed by atoms with Crippen LogP contribution in [0.3, 0.4) is 0 Å². The van der Waals surface area contributed by atoms with Crippen LogP contribution in [0.4, 0.5) is 51.1 Å². The lowest BCUT2D eigenvalue weighted by molar-refractivity contribution is -0.129. The second kappa shape index (κ2) is 18.0. The topological polar surface area (TPSA) is 185 Å². The molecule has 68 heavy (non-hydrogen) atoms. The molecule has 4 N–H and O–H groups in total. The van der Waals surface area contributed by atoms with Gasteiger partial charge in [-0.05, 0) is 117 Å². The summed E-state index contributed by atoms with van der Waals surface area (Å²) >= 11 is 0. The molecule has 2 aliphatic rings. The summed E-state index contributed by atoms with van der Waals surface area (Å²) in [4.78, 5) is 46.1. The molecule has 0 aliphatic carbocycles. The summed E-state index contributed by atoms with van der Waals surface area (Å²) in [6.07, 6.45) is 3.27. The Kier molecular flexibility index (Phi) is 11.9. The molecule has 10 rings (SSSR count). The molecule has 348 valence electrons. The van der Waals surface area contributed by atoms with Gasteiger partial charge in [0, 0.05) is 82.3 Å². The van der Waals surface area contributed by atoms with Crippen molar-refractivity contribution in [3.63, 3.8) is 0 Å². The van der Waals surface area contributed by atoms with E-state index in [0.717, 1.165) is 95.4 Å². The molecular formula is C51H56N14O3. The molecule has 0 saturated carbocycles. The second-order valence-corrected chi connectivity index (χ2v) is 18.5. The number of carbonyl (C=O) groups is 2. The fraction of sp³-hybridized carbons (Fsp3) is 0.294. The van der Waals surface area contributed by atoms with Crippen LogP contribution in [0.15, 0.2) is 85.2 Å². The van der Waals surface area contributed by atoms with E-state index in [9.17, 15) is 9.59 Å². The Bertz CT molecular complexity index is 3220. The van der Waals surface area contributed by atoms with Gasteiger partial charge in [0.1, 0.15) is 5.60 Å². The lowest BCUT2D eigenvalue weighted by Crippen LogP contribution is -2.33. The quantitative estimate of drug-likeness (QED) is 0.113. The highest BCUT2D eigenvalue weighted by atomic mass is 16.6. The number of hydrogen-bond donors (Lipinski definition) is 4. The summed E-state index contributed by atoms with van der Waals surface area (Å²) in [5.74, 6) is 2.52. The number of nitrogens with zero attached hydrogens (tertiary/aromatic N) is 10. The zero-order valence-electron chi connectivity index (χ0n) is 40.1. The van der Waals surface area contributed by atoms with Crippen molar-refractivity contribution in [3.8, 4) is 0 Å². The first kappa shape index (κ1) is 45.1. The zero-order valence-corrected chi connectivity index (χ0v) is 40.1. The van der Waals surface area contributed by atoms with Gasteiger partial charge in [0.25, 0.3) is 0 Å². The summed E-state index contributed by atoms with van der Waals surface area (Å²) in [5.41, 5.74) is 13.9. The molecule has 8 aromatic rings. The van der Waals surface area contributed by atoms with Gasteiger partial charge in [-0.3, -0.25) is 9.69 Å². The van der Waals surface area contributed by atoms with E-state index in [-0.39, 0.29) is 12.0 Å². The smallest absolute Gasteiger partial charge is 0.410 e. The molecule has 0 fully saturated rings. The number of nitrogens with one attached hydrogen (secondary N) is 4. The van der Waals surface area contributed by atoms with Crippen LogP contribution in [0.2, 0.25) is 0 Å². The van der Waals surface area contributed by atoms with Crippen molar-refractivity contribution in [1.82, 2.24) is 49.3 Å². The number of ether oxygens (including phenoxy) is 1. The number of benzene rings is 4. The molecule has 17 heteroatoms. The van der Waals surface area contributed by atoms with Gasteiger partial charge < -0.3 is 30.9 Å². The average molecular weight is 913 g/mol. The molecule has 2 aliphatic heterocycles. The molecule has 0 saturated heterocycles. The van der Waals surface area contributed by atoms with E-state index in [0.29, 0.717) is 38.1 Å². The molecule has 4 aromatic heterocycles. The van der Waals surface area contributed by atoms with Gasteiger partial charge in [-0.25, -0.2) is 24.1 Å². The van der Waals surface area contributed by atoms with Gasteiger partial charge in [0.05, 0.1) is 10.8 Å². The predicted molar refractivity (Wildman–Crippen MR) is 266 cm³/mol. The summed E-state index contributed by atoms with van der Waals surface area (Å²) in [6, 6.07) is 24.5. The van der Waals surface area contributed by atoms with Crippen LogP contribution in [-0.2, 0) is 49.8 Å². The maximum absolute atomic E-state index is 12.5. The number of hydrogen-bond acceptors (Lipinski definition) is 13. The Morgan fingerprint density at radius 2 is 0.985 bits per heavy atom. The van der Waals surface area contributed by atoms with E-state index >= 15 is 0 Å². The van der Waals surface area contributed by atoms with Gasteiger partial charge in [0.15, 0.2) is 22.9 Å². The van der Waals surface area contributed by atoms with Crippen LogP contribution in [0, 0.1) is 27.7 Å². The minimum absolute atomic E-state index is 0.0889. The third-order valence-corrected chi connectivity index (χ3v) is 12.1. The third kappa shape index (κ3) is 9.45. The Morgan fingerprint density at radius 1 is 0.574 bits per heavy atom. The molecule has 17 nitrogen and oxygen atoms in total. The van der Waals surface area contributed by atoms with Crippen molar-refractivity contribution in [2.45, 2.75) is 87.2 Å². The number of rotatable bonds is 8. The number of aromatic nitrogens is 8. The number of anilines is 8. The van der Waals surface area contributed by atoms with Crippen LogP contribution >= 0.6 is 0 Å². The maximum atomic E-state index is 12.5. The van der Waals surface area contributed by atoms with Gasteiger partial charge >= 0.3 is 6.09 Å². The van der Waals surface area contributed by atoms with Crippen molar-refractivity contribution < 1.29 is 14.3 Å². The molecule has 0 radical (unpaired) electrons. The van der Waals surface area contributed by atoms with Gasteiger partial charge in [0.2, 0.25) is 17.8 Å². The summed E-state index contributed by atoms with van der Waals surface area (Å²) in [7, 11) is 3.75. The average Bonchev–Trinajstić information content (AvgIpc) is 4.06. The second-order valence-electron chi connectivity index (χ2n) is 18.5. The molecule has 0 atom stereocenters. The van der Waals surface area contributed by atoms with Crippen LogP contribution in [0.1, 0.15) is 72.2 Å².